The van der Waals surface area contributed by atoms with E-state index in [1.165, 1.54) is 0 Å². The Morgan fingerprint density at radius 3 is 3.14 bits per heavy atom. The van der Waals surface area contributed by atoms with Gasteiger partial charge < -0.3 is 4.40 Å². The van der Waals surface area contributed by atoms with Gasteiger partial charge in [-0.2, -0.15) is 0 Å². The molecule has 0 aliphatic rings. The van der Waals surface area contributed by atoms with Gasteiger partial charge in [0.25, 0.3) is 0 Å². The van der Waals surface area contributed by atoms with Crippen LogP contribution in [0.1, 0.15) is 12.5 Å². The highest BCUT2D eigenvalue weighted by molar-refractivity contribution is 6.32. The summed E-state index contributed by atoms with van der Waals surface area (Å²) >= 11 is 5.92. The molecule has 3 nitrogen and oxygen atoms in total. The molecule has 0 spiro atoms. The van der Waals surface area contributed by atoms with Gasteiger partial charge in [0.1, 0.15) is 12.1 Å². The average Bonchev–Trinajstić information content (AvgIpc) is 2.48. The molecular formula is C10H9ClN2O. The Kier molecular flexibility index (Phi) is 2.25. The van der Waals surface area contributed by atoms with Crippen LogP contribution in [0.5, 0.6) is 0 Å². The van der Waals surface area contributed by atoms with Gasteiger partial charge in [0.05, 0.1) is 5.52 Å². The molecule has 0 aliphatic carbocycles. The Morgan fingerprint density at radius 1 is 1.64 bits per heavy atom. The molecule has 2 aromatic rings. The molecule has 14 heavy (non-hydrogen) atoms. The van der Waals surface area contributed by atoms with Crippen molar-refractivity contribution in [2.45, 2.75) is 13.3 Å². The van der Waals surface area contributed by atoms with E-state index >= 15 is 0 Å². The van der Waals surface area contributed by atoms with Crippen LogP contribution in [-0.2, 0) is 11.2 Å². The number of hydrogen-bond acceptors (Lipinski definition) is 2. The molecule has 0 amide bonds. The van der Waals surface area contributed by atoms with Gasteiger partial charge >= 0.3 is 0 Å². The van der Waals surface area contributed by atoms with Gasteiger partial charge in [-0.3, -0.25) is 4.79 Å². The molecule has 0 unspecified atom stereocenters. The predicted molar refractivity (Wildman–Crippen MR) is 54.6 cm³/mol. The summed E-state index contributed by atoms with van der Waals surface area (Å²) < 4.78 is 1.82. The highest BCUT2D eigenvalue weighted by Gasteiger charge is 2.08. The van der Waals surface area contributed by atoms with Crippen LogP contribution in [0.2, 0.25) is 5.15 Å². The third kappa shape index (κ3) is 1.51. The van der Waals surface area contributed by atoms with Crippen molar-refractivity contribution in [3.8, 4) is 0 Å². The number of imidazole rings is 1. The van der Waals surface area contributed by atoms with Gasteiger partial charge in [-0.15, -0.1) is 0 Å². The Hall–Kier alpha value is -1.35. The fourth-order valence-electron chi connectivity index (χ4n) is 1.49. The number of ketones is 1. The van der Waals surface area contributed by atoms with Gasteiger partial charge in [0.2, 0.25) is 0 Å². The highest BCUT2D eigenvalue weighted by atomic mass is 35.5. The van der Waals surface area contributed by atoms with Crippen molar-refractivity contribution in [2.75, 3.05) is 0 Å². The number of halogens is 1. The maximum absolute atomic E-state index is 11.0. The zero-order valence-electron chi connectivity index (χ0n) is 7.70. The van der Waals surface area contributed by atoms with E-state index in [1.54, 1.807) is 13.3 Å². The molecule has 4 heteroatoms. The first-order valence-electron chi connectivity index (χ1n) is 4.28. The fraction of sp³-hybridized carbons (Fsp3) is 0.200. The average molecular weight is 209 g/mol. The maximum Gasteiger partial charge on any atom is 0.155 e. The van der Waals surface area contributed by atoms with Crippen molar-refractivity contribution in [3.63, 3.8) is 0 Å². The minimum Gasteiger partial charge on any atom is -0.305 e. The quantitative estimate of drug-likeness (QED) is 0.758. The van der Waals surface area contributed by atoms with Gasteiger partial charge in [0, 0.05) is 12.6 Å². The second-order valence-electron chi connectivity index (χ2n) is 3.20. The van der Waals surface area contributed by atoms with Gasteiger partial charge in [-0.1, -0.05) is 17.7 Å². The first-order chi connectivity index (χ1) is 6.68. The fourth-order valence-corrected chi connectivity index (χ4v) is 1.75. The molecular weight excluding hydrogens is 200 g/mol. The predicted octanol–water partition coefficient (Wildman–Crippen LogP) is 2.12. The number of Topliss-reactive ketones (excluding diaryl/α,β-unsaturated/α-hetero) is 1. The number of hydrogen-bond donors (Lipinski definition) is 0. The van der Waals surface area contributed by atoms with Crippen molar-refractivity contribution in [1.82, 2.24) is 9.38 Å². The monoisotopic (exact) mass is 208 g/mol. The normalized spacial score (nSPS) is 10.7. The largest absolute Gasteiger partial charge is 0.305 e. The maximum atomic E-state index is 11.0. The van der Waals surface area contributed by atoms with Crippen molar-refractivity contribution in [1.29, 1.82) is 0 Å². The first kappa shape index (κ1) is 9.21. The molecule has 0 fully saturated rings. The zero-order valence-corrected chi connectivity index (χ0v) is 8.45. The van der Waals surface area contributed by atoms with Crippen LogP contribution >= 0.6 is 11.6 Å². The summed E-state index contributed by atoms with van der Waals surface area (Å²) in [5.74, 6) is 0.121. The molecule has 2 aromatic heterocycles. The Bertz CT molecular complexity index is 490. The molecule has 0 saturated carbocycles. The molecule has 0 aromatic carbocycles. The molecule has 0 atom stereocenters. The van der Waals surface area contributed by atoms with Crippen molar-refractivity contribution in [2.24, 2.45) is 0 Å². The van der Waals surface area contributed by atoms with Crippen molar-refractivity contribution >= 4 is 22.9 Å². The summed E-state index contributed by atoms with van der Waals surface area (Å²) in [7, 11) is 0. The van der Waals surface area contributed by atoms with E-state index < -0.39 is 0 Å². The standard InChI is InChI=1S/C10H9ClN2O/c1-7(14)5-8-3-2-4-13-6-12-10(11)9(8)13/h2-4,6H,5H2,1H3. The van der Waals surface area contributed by atoms with E-state index in [9.17, 15) is 4.79 Å². The van der Waals surface area contributed by atoms with E-state index in [0.717, 1.165) is 11.1 Å². The topological polar surface area (TPSA) is 34.4 Å². The molecule has 0 saturated heterocycles. The van der Waals surface area contributed by atoms with E-state index in [2.05, 4.69) is 4.98 Å². The van der Waals surface area contributed by atoms with Crippen LogP contribution in [0, 0.1) is 0 Å². The summed E-state index contributed by atoms with van der Waals surface area (Å²) in [6, 6.07) is 3.77. The molecule has 0 aliphatic heterocycles. The number of fused-ring (bicyclic) bond motifs is 1. The Balaban J connectivity index is 2.63. The summed E-state index contributed by atoms with van der Waals surface area (Å²) in [5.41, 5.74) is 1.74. The number of carbonyl (C=O) groups excluding carboxylic acids is 1. The smallest absolute Gasteiger partial charge is 0.155 e. The van der Waals surface area contributed by atoms with E-state index in [4.69, 9.17) is 11.6 Å². The molecule has 0 N–H and O–H groups in total. The van der Waals surface area contributed by atoms with Crippen molar-refractivity contribution in [3.05, 3.63) is 35.4 Å². The molecule has 2 rings (SSSR count). The number of nitrogens with zero attached hydrogens (tertiary/aromatic N) is 2. The summed E-state index contributed by atoms with van der Waals surface area (Å²) in [5, 5.41) is 0.446. The van der Waals surface area contributed by atoms with Gasteiger partial charge in [0.15, 0.2) is 5.15 Å². The lowest BCUT2D eigenvalue weighted by atomic mass is 10.1. The van der Waals surface area contributed by atoms with Crippen LogP contribution in [0.3, 0.4) is 0 Å². The lowest BCUT2D eigenvalue weighted by molar-refractivity contribution is -0.116. The first-order valence-corrected chi connectivity index (χ1v) is 4.66. The third-order valence-corrected chi connectivity index (χ3v) is 2.31. The van der Waals surface area contributed by atoms with Crippen LogP contribution in [-0.4, -0.2) is 15.2 Å². The molecule has 72 valence electrons. The second-order valence-corrected chi connectivity index (χ2v) is 3.56. The Labute approximate surface area is 86.3 Å². The lowest BCUT2D eigenvalue weighted by Crippen LogP contribution is -1.98. The minimum absolute atomic E-state index is 0.121. The lowest BCUT2D eigenvalue weighted by Gasteiger charge is -2.01. The van der Waals surface area contributed by atoms with Crippen LogP contribution in [0.25, 0.3) is 5.52 Å². The molecule has 0 radical (unpaired) electrons. The van der Waals surface area contributed by atoms with Crippen LogP contribution in [0.15, 0.2) is 24.7 Å². The third-order valence-electron chi connectivity index (χ3n) is 2.04. The number of carbonyl (C=O) groups is 1. The SMILES string of the molecule is CC(=O)Cc1cccn2cnc(Cl)c12. The van der Waals surface area contributed by atoms with Gasteiger partial charge in [-0.05, 0) is 18.6 Å². The molecule has 2 heterocycles. The molecule has 0 bridgehead atoms. The van der Waals surface area contributed by atoms with Crippen LogP contribution in [0.4, 0.5) is 0 Å². The van der Waals surface area contributed by atoms with E-state index in [-0.39, 0.29) is 5.78 Å². The second kappa shape index (κ2) is 3.42. The van der Waals surface area contributed by atoms with Gasteiger partial charge in [-0.25, -0.2) is 4.98 Å². The van der Waals surface area contributed by atoms with E-state index in [0.29, 0.717) is 11.6 Å². The summed E-state index contributed by atoms with van der Waals surface area (Å²) in [4.78, 5) is 15.0. The number of rotatable bonds is 2. The summed E-state index contributed by atoms with van der Waals surface area (Å²) in [6.07, 6.45) is 3.90. The number of aromatic nitrogens is 2. The highest BCUT2D eigenvalue weighted by Crippen LogP contribution is 2.19. The number of pyridine rings is 1. The summed E-state index contributed by atoms with van der Waals surface area (Å²) in [6.45, 7) is 1.56. The minimum atomic E-state index is 0.121. The van der Waals surface area contributed by atoms with E-state index in [1.807, 2.05) is 22.7 Å². The Morgan fingerprint density at radius 2 is 2.43 bits per heavy atom. The van der Waals surface area contributed by atoms with Crippen molar-refractivity contribution < 1.29 is 4.79 Å². The zero-order chi connectivity index (χ0) is 10.1. The van der Waals surface area contributed by atoms with Crippen LogP contribution < -0.4 is 0 Å².